The second-order valence-corrected chi connectivity index (χ2v) is 4.90. The van der Waals surface area contributed by atoms with Gasteiger partial charge in [-0.3, -0.25) is 0 Å². The first kappa shape index (κ1) is 17.6. The van der Waals surface area contributed by atoms with Crippen LogP contribution in [-0.4, -0.2) is 29.2 Å². The molecule has 1 heterocycles. The van der Waals surface area contributed by atoms with Crippen LogP contribution in [0.1, 0.15) is 17.2 Å². The van der Waals surface area contributed by atoms with Crippen molar-refractivity contribution in [2.24, 2.45) is 0 Å². The third kappa shape index (κ3) is 5.48. The lowest BCUT2D eigenvalue weighted by atomic mass is 10.1. The molecule has 2 aromatic rings. The fraction of sp³-hybridized carbons (Fsp3) is 0.267. The summed E-state index contributed by atoms with van der Waals surface area (Å²) in [6.45, 7) is -1.23. The van der Waals surface area contributed by atoms with Gasteiger partial charge in [0.1, 0.15) is 11.9 Å². The monoisotopic (exact) mass is 339 g/mol. The topological polar surface area (TPSA) is 73.6 Å². The summed E-state index contributed by atoms with van der Waals surface area (Å²) >= 11 is 0. The maximum atomic E-state index is 13.0. The Labute approximate surface area is 135 Å². The molecule has 0 aliphatic heterocycles. The number of anilines is 1. The molecule has 0 aliphatic carbocycles. The molecular formula is C15H13F4N5. The molecule has 1 unspecified atom stereocenters. The number of halogens is 4. The van der Waals surface area contributed by atoms with Gasteiger partial charge >= 0.3 is 6.18 Å². The average Bonchev–Trinajstić information content (AvgIpc) is 2.54. The van der Waals surface area contributed by atoms with Crippen molar-refractivity contribution < 1.29 is 17.6 Å². The molecule has 0 bridgehead atoms. The molecule has 0 fully saturated rings. The lowest BCUT2D eigenvalue weighted by Crippen LogP contribution is -2.34. The normalized spacial score (nSPS) is 12.5. The van der Waals surface area contributed by atoms with Crippen LogP contribution in [0.5, 0.6) is 0 Å². The summed E-state index contributed by atoms with van der Waals surface area (Å²) in [5.74, 6) is -0.299. The van der Waals surface area contributed by atoms with E-state index in [9.17, 15) is 17.6 Å². The van der Waals surface area contributed by atoms with E-state index in [1.807, 2.05) is 6.07 Å². The number of alkyl halides is 3. The zero-order chi connectivity index (χ0) is 17.6. The predicted octanol–water partition coefficient (Wildman–Crippen LogP) is 2.79. The van der Waals surface area contributed by atoms with Crippen LogP contribution in [0, 0.1) is 17.1 Å². The Morgan fingerprint density at radius 3 is 2.29 bits per heavy atom. The quantitative estimate of drug-likeness (QED) is 0.792. The van der Waals surface area contributed by atoms with Crippen molar-refractivity contribution in [3.63, 3.8) is 0 Å². The summed E-state index contributed by atoms with van der Waals surface area (Å²) in [5, 5.41) is 13.9. The third-order valence-corrected chi connectivity index (χ3v) is 3.03. The maximum Gasteiger partial charge on any atom is 0.401 e. The SMILES string of the molecule is N#Cc1cnc(NC(CNCC(F)(F)F)c2ccc(F)cc2)nc1. The van der Waals surface area contributed by atoms with Crippen LogP contribution in [0.3, 0.4) is 0 Å². The molecule has 0 saturated carbocycles. The van der Waals surface area contributed by atoms with Crippen LogP contribution < -0.4 is 10.6 Å². The van der Waals surface area contributed by atoms with E-state index in [-0.39, 0.29) is 18.1 Å². The summed E-state index contributed by atoms with van der Waals surface area (Å²) < 4.78 is 49.9. The van der Waals surface area contributed by atoms with Crippen LogP contribution >= 0.6 is 0 Å². The van der Waals surface area contributed by atoms with Crippen molar-refractivity contribution >= 4 is 5.95 Å². The minimum Gasteiger partial charge on any atom is -0.346 e. The first-order chi connectivity index (χ1) is 11.4. The lowest BCUT2D eigenvalue weighted by molar-refractivity contribution is -0.124. The third-order valence-electron chi connectivity index (χ3n) is 3.03. The van der Waals surface area contributed by atoms with E-state index >= 15 is 0 Å². The molecule has 2 rings (SSSR count). The summed E-state index contributed by atoms with van der Waals surface area (Å²) in [7, 11) is 0. The fourth-order valence-corrected chi connectivity index (χ4v) is 1.92. The highest BCUT2D eigenvalue weighted by atomic mass is 19.4. The second kappa shape index (κ2) is 7.70. The highest BCUT2D eigenvalue weighted by Crippen LogP contribution is 2.18. The smallest absolute Gasteiger partial charge is 0.346 e. The summed E-state index contributed by atoms with van der Waals surface area (Å²) in [5.41, 5.74) is 0.827. The summed E-state index contributed by atoms with van der Waals surface area (Å²) in [6, 6.07) is 6.61. The second-order valence-electron chi connectivity index (χ2n) is 4.90. The van der Waals surface area contributed by atoms with Gasteiger partial charge in [0, 0.05) is 6.54 Å². The van der Waals surface area contributed by atoms with Gasteiger partial charge in [0.15, 0.2) is 0 Å². The fourth-order valence-electron chi connectivity index (χ4n) is 1.92. The Morgan fingerprint density at radius 1 is 1.12 bits per heavy atom. The molecule has 126 valence electrons. The Hall–Kier alpha value is -2.73. The molecule has 0 radical (unpaired) electrons. The van der Waals surface area contributed by atoms with Gasteiger partial charge in [-0.1, -0.05) is 12.1 Å². The van der Waals surface area contributed by atoms with Crippen LogP contribution in [0.15, 0.2) is 36.7 Å². The standard InChI is InChI=1S/C15H13F4N5/c16-12-3-1-11(2-4-12)13(8-21-9-15(17,18)19)24-14-22-6-10(5-20)7-23-14/h1-4,6-7,13,21H,8-9H2,(H,22,23,24). The summed E-state index contributed by atoms with van der Waals surface area (Å²) in [4.78, 5) is 7.84. The van der Waals surface area contributed by atoms with Crippen molar-refractivity contribution in [2.75, 3.05) is 18.4 Å². The van der Waals surface area contributed by atoms with E-state index in [0.717, 1.165) is 0 Å². The molecule has 9 heteroatoms. The number of aromatic nitrogens is 2. The molecule has 5 nitrogen and oxygen atoms in total. The number of nitrogens with one attached hydrogen (secondary N) is 2. The minimum atomic E-state index is -4.34. The van der Waals surface area contributed by atoms with E-state index < -0.39 is 24.6 Å². The highest BCUT2D eigenvalue weighted by molar-refractivity contribution is 5.34. The minimum absolute atomic E-state index is 0.0749. The lowest BCUT2D eigenvalue weighted by Gasteiger charge is -2.20. The van der Waals surface area contributed by atoms with E-state index in [0.29, 0.717) is 5.56 Å². The van der Waals surface area contributed by atoms with Crippen LogP contribution in [-0.2, 0) is 0 Å². The molecule has 24 heavy (non-hydrogen) atoms. The Kier molecular flexibility index (Phi) is 5.65. The van der Waals surface area contributed by atoms with Crippen LogP contribution in [0.2, 0.25) is 0 Å². The molecule has 1 aromatic heterocycles. The molecule has 2 N–H and O–H groups in total. The van der Waals surface area contributed by atoms with Gasteiger partial charge in [-0.25, -0.2) is 14.4 Å². The van der Waals surface area contributed by atoms with E-state index in [1.54, 1.807) is 0 Å². The first-order valence-electron chi connectivity index (χ1n) is 6.89. The Bertz CT molecular complexity index is 692. The highest BCUT2D eigenvalue weighted by Gasteiger charge is 2.27. The average molecular weight is 339 g/mol. The molecular weight excluding hydrogens is 326 g/mol. The van der Waals surface area contributed by atoms with Gasteiger partial charge in [-0.2, -0.15) is 18.4 Å². The van der Waals surface area contributed by atoms with Gasteiger partial charge in [-0.05, 0) is 17.7 Å². The van der Waals surface area contributed by atoms with Gasteiger partial charge in [-0.15, -0.1) is 0 Å². The number of nitriles is 1. The van der Waals surface area contributed by atoms with Crippen molar-refractivity contribution in [1.29, 1.82) is 5.26 Å². The number of hydrogen-bond acceptors (Lipinski definition) is 5. The van der Waals surface area contributed by atoms with Gasteiger partial charge in [0.2, 0.25) is 5.95 Å². The first-order valence-corrected chi connectivity index (χ1v) is 6.89. The maximum absolute atomic E-state index is 13.0. The van der Waals surface area contributed by atoms with Gasteiger partial charge in [0.25, 0.3) is 0 Å². The Morgan fingerprint density at radius 2 is 1.75 bits per heavy atom. The van der Waals surface area contributed by atoms with Crippen LogP contribution in [0.4, 0.5) is 23.5 Å². The van der Waals surface area contributed by atoms with Crippen molar-refractivity contribution in [3.8, 4) is 6.07 Å². The summed E-state index contributed by atoms with van der Waals surface area (Å²) in [6.07, 6.45) is -1.75. The van der Waals surface area contributed by atoms with E-state index in [2.05, 4.69) is 20.6 Å². The van der Waals surface area contributed by atoms with Crippen LogP contribution in [0.25, 0.3) is 0 Å². The van der Waals surface area contributed by atoms with Gasteiger partial charge < -0.3 is 10.6 Å². The number of nitrogens with zero attached hydrogens (tertiary/aromatic N) is 3. The molecule has 0 spiro atoms. The van der Waals surface area contributed by atoms with Crippen molar-refractivity contribution in [1.82, 2.24) is 15.3 Å². The van der Waals surface area contributed by atoms with E-state index in [1.165, 1.54) is 36.7 Å². The van der Waals surface area contributed by atoms with E-state index in [4.69, 9.17) is 5.26 Å². The molecule has 0 amide bonds. The Balaban J connectivity index is 2.12. The zero-order valence-electron chi connectivity index (χ0n) is 12.3. The van der Waals surface area contributed by atoms with Crippen molar-refractivity contribution in [2.45, 2.75) is 12.2 Å². The zero-order valence-corrected chi connectivity index (χ0v) is 12.3. The molecule has 0 saturated heterocycles. The molecule has 1 atom stereocenters. The molecule has 1 aromatic carbocycles. The number of benzene rings is 1. The van der Waals surface area contributed by atoms with Crippen molar-refractivity contribution in [3.05, 3.63) is 53.6 Å². The number of rotatable bonds is 6. The predicted molar refractivity (Wildman–Crippen MR) is 78.4 cm³/mol. The number of hydrogen-bond donors (Lipinski definition) is 2. The molecule has 0 aliphatic rings. The van der Waals surface area contributed by atoms with Gasteiger partial charge in [0.05, 0.1) is 30.5 Å². The largest absolute Gasteiger partial charge is 0.401 e.